The van der Waals surface area contributed by atoms with Crippen molar-refractivity contribution in [3.8, 4) is 0 Å². The molecule has 3 N–H and O–H groups in total. The van der Waals surface area contributed by atoms with Crippen molar-refractivity contribution < 1.29 is 9.59 Å². The highest BCUT2D eigenvalue weighted by Crippen LogP contribution is 2.30. The van der Waals surface area contributed by atoms with Gasteiger partial charge in [-0.1, -0.05) is 6.07 Å². The van der Waals surface area contributed by atoms with Crippen LogP contribution in [-0.2, 0) is 11.2 Å². The molecule has 0 saturated heterocycles. The van der Waals surface area contributed by atoms with Gasteiger partial charge in [0, 0.05) is 35.1 Å². The highest BCUT2D eigenvalue weighted by molar-refractivity contribution is 6.05. The predicted octanol–water partition coefficient (Wildman–Crippen LogP) is 3.26. The van der Waals surface area contributed by atoms with Crippen LogP contribution in [0.5, 0.6) is 0 Å². The van der Waals surface area contributed by atoms with Crippen LogP contribution < -0.4 is 16.0 Å². The minimum Gasteiger partial charge on any atom is -0.384 e. The van der Waals surface area contributed by atoms with E-state index in [1.54, 1.807) is 6.07 Å². The Hall–Kier alpha value is -2.82. The lowest BCUT2D eigenvalue weighted by atomic mass is 10.1. The standard InChI is InChI=1S/C19H19N3O2/c23-18(12-4-5-12)21-15-2-1-3-16(11-15)22-19(24)14-6-7-17-13(10-14)8-9-20-17/h1-3,6-7,10-12,20H,4-5,8-9H2,(H,21,23)(H,22,24). The number of benzene rings is 2. The summed E-state index contributed by atoms with van der Waals surface area (Å²) in [6.07, 6.45) is 2.88. The van der Waals surface area contributed by atoms with Crippen molar-refractivity contribution >= 4 is 28.9 Å². The first-order valence-electron chi connectivity index (χ1n) is 8.28. The number of anilines is 3. The van der Waals surface area contributed by atoms with Gasteiger partial charge < -0.3 is 16.0 Å². The zero-order chi connectivity index (χ0) is 16.5. The van der Waals surface area contributed by atoms with Gasteiger partial charge in [-0.05, 0) is 61.2 Å². The molecule has 1 aliphatic heterocycles. The van der Waals surface area contributed by atoms with Crippen molar-refractivity contribution in [1.29, 1.82) is 0 Å². The molecule has 0 spiro atoms. The van der Waals surface area contributed by atoms with Gasteiger partial charge in [0.1, 0.15) is 0 Å². The van der Waals surface area contributed by atoms with E-state index in [0.29, 0.717) is 16.9 Å². The van der Waals surface area contributed by atoms with Gasteiger partial charge >= 0.3 is 0 Å². The second-order valence-electron chi connectivity index (χ2n) is 6.35. The van der Waals surface area contributed by atoms with Gasteiger partial charge in [0.05, 0.1) is 0 Å². The maximum Gasteiger partial charge on any atom is 0.255 e. The molecular weight excluding hydrogens is 302 g/mol. The van der Waals surface area contributed by atoms with Crippen LogP contribution in [0.15, 0.2) is 42.5 Å². The molecule has 5 nitrogen and oxygen atoms in total. The third-order valence-electron chi connectivity index (χ3n) is 4.41. The molecule has 4 rings (SSSR count). The number of nitrogens with one attached hydrogen (secondary N) is 3. The molecule has 0 atom stereocenters. The molecule has 24 heavy (non-hydrogen) atoms. The number of fused-ring (bicyclic) bond motifs is 1. The Morgan fingerprint density at radius 1 is 1.00 bits per heavy atom. The average molecular weight is 321 g/mol. The SMILES string of the molecule is O=C(Nc1cccc(NC(=O)C2CC2)c1)c1ccc2c(c1)CCN2. The summed E-state index contributed by atoms with van der Waals surface area (Å²) in [5, 5.41) is 9.07. The highest BCUT2D eigenvalue weighted by Gasteiger charge is 2.29. The molecule has 0 radical (unpaired) electrons. The Balaban J connectivity index is 1.46. The van der Waals surface area contributed by atoms with E-state index in [-0.39, 0.29) is 17.7 Å². The van der Waals surface area contributed by atoms with E-state index in [9.17, 15) is 9.59 Å². The molecule has 0 bridgehead atoms. The summed E-state index contributed by atoms with van der Waals surface area (Å²) in [6, 6.07) is 13.0. The molecule has 1 saturated carbocycles. The van der Waals surface area contributed by atoms with Gasteiger partial charge in [0.2, 0.25) is 5.91 Å². The van der Waals surface area contributed by atoms with Crippen molar-refractivity contribution in [2.45, 2.75) is 19.3 Å². The van der Waals surface area contributed by atoms with Crippen molar-refractivity contribution in [3.63, 3.8) is 0 Å². The molecule has 122 valence electrons. The van der Waals surface area contributed by atoms with E-state index in [1.807, 2.05) is 36.4 Å². The largest absolute Gasteiger partial charge is 0.384 e. The van der Waals surface area contributed by atoms with Crippen LogP contribution in [-0.4, -0.2) is 18.4 Å². The van der Waals surface area contributed by atoms with Gasteiger partial charge in [-0.15, -0.1) is 0 Å². The van der Waals surface area contributed by atoms with Crippen LogP contribution in [0.3, 0.4) is 0 Å². The van der Waals surface area contributed by atoms with E-state index >= 15 is 0 Å². The smallest absolute Gasteiger partial charge is 0.255 e. The second-order valence-corrected chi connectivity index (χ2v) is 6.35. The summed E-state index contributed by atoms with van der Waals surface area (Å²) in [5.41, 5.74) is 4.31. The Morgan fingerprint density at radius 3 is 2.58 bits per heavy atom. The molecule has 2 aliphatic rings. The lowest BCUT2D eigenvalue weighted by Crippen LogP contribution is -2.15. The molecule has 2 aromatic rings. The average Bonchev–Trinajstić information content (AvgIpc) is 3.33. The van der Waals surface area contributed by atoms with E-state index in [0.717, 1.165) is 31.5 Å². The number of rotatable bonds is 4. The first-order valence-corrected chi connectivity index (χ1v) is 8.28. The first kappa shape index (κ1) is 14.8. The Labute approximate surface area is 140 Å². The number of hydrogen-bond donors (Lipinski definition) is 3. The Morgan fingerprint density at radius 2 is 1.79 bits per heavy atom. The maximum absolute atomic E-state index is 12.4. The minimum atomic E-state index is -0.143. The first-order chi connectivity index (χ1) is 11.7. The van der Waals surface area contributed by atoms with E-state index in [1.165, 1.54) is 5.56 Å². The fourth-order valence-electron chi connectivity index (χ4n) is 2.91. The highest BCUT2D eigenvalue weighted by atomic mass is 16.2. The summed E-state index contributed by atoms with van der Waals surface area (Å²) in [4.78, 5) is 24.3. The zero-order valence-corrected chi connectivity index (χ0v) is 13.3. The molecule has 2 amide bonds. The number of hydrogen-bond acceptors (Lipinski definition) is 3. The molecule has 0 aromatic heterocycles. The lowest BCUT2D eigenvalue weighted by molar-refractivity contribution is -0.117. The van der Waals surface area contributed by atoms with Crippen LogP contribution in [0.1, 0.15) is 28.8 Å². The monoisotopic (exact) mass is 321 g/mol. The quantitative estimate of drug-likeness (QED) is 0.809. The second kappa shape index (κ2) is 6.00. The minimum absolute atomic E-state index is 0.0598. The molecule has 0 unspecified atom stereocenters. The molecule has 5 heteroatoms. The summed E-state index contributed by atoms with van der Waals surface area (Å²) in [5.74, 6) is 0.0724. The van der Waals surface area contributed by atoms with Crippen molar-refractivity contribution in [2.75, 3.05) is 22.5 Å². The summed E-state index contributed by atoms with van der Waals surface area (Å²) >= 11 is 0. The van der Waals surface area contributed by atoms with Crippen LogP contribution in [0, 0.1) is 5.92 Å². The predicted molar refractivity (Wildman–Crippen MR) is 94.4 cm³/mol. The number of amides is 2. The fraction of sp³-hybridized carbons (Fsp3) is 0.263. The maximum atomic E-state index is 12.4. The Bertz CT molecular complexity index is 812. The molecule has 2 aromatic carbocycles. The van der Waals surface area contributed by atoms with Crippen LogP contribution >= 0.6 is 0 Å². The van der Waals surface area contributed by atoms with Gasteiger partial charge in [0.25, 0.3) is 5.91 Å². The summed E-state index contributed by atoms with van der Waals surface area (Å²) < 4.78 is 0. The van der Waals surface area contributed by atoms with Gasteiger partial charge in [-0.25, -0.2) is 0 Å². The van der Waals surface area contributed by atoms with Crippen LogP contribution in [0.2, 0.25) is 0 Å². The topological polar surface area (TPSA) is 70.2 Å². The van der Waals surface area contributed by atoms with Crippen LogP contribution in [0.25, 0.3) is 0 Å². The molecule has 1 heterocycles. The van der Waals surface area contributed by atoms with Gasteiger partial charge in [0.15, 0.2) is 0 Å². The van der Waals surface area contributed by atoms with Crippen molar-refractivity contribution in [3.05, 3.63) is 53.6 Å². The van der Waals surface area contributed by atoms with Gasteiger partial charge in [-0.2, -0.15) is 0 Å². The molecular formula is C19H19N3O2. The van der Waals surface area contributed by atoms with Crippen molar-refractivity contribution in [2.24, 2.45) is 5.92 Å². The summed E-state index contributed by atoms with van der Waals surface area (Å²) in [7, 11) is 0. The summed E-state index contributed by atoms with van der Waals surface area (Å²) in [6.45, 7) is 0.920. The fourth-order valence-corrected chi connectivity index (χ4v) is 2.91. The third kappa shape index (κ3) is 3.11. The lowest BCUT2D eigenvalue weighted by Gasteiger charge is -2.09. The third-order valence-corrected chi connectivity index (χ3v) is 4.41. The number of carbonyl (C=O) groups is 2. The van der Waals surface area contributed by atoms with E-state index in [2.05, 4.69) is 16.0 Å². The Kier molecular flexibility index (Phi) is 3.69. The van der Waals surface area contributed by atoms with E-state index < -0.39 is 0 Å². The van der Waals surface area contributed by atoms with E-state index in [4.69, 9.17) is 0 Å². The van der Waals surface area contributed by atoms with Crippen molar-refractivity contribution in [1.82, 2.24) is 0 Å². The molecule has 1 aliphatic carbocycles. The normalized spacial score (nSPS) is 15.3. The van der Waals surface area contributed by atoms with Crippen LogP contribution in [0.4, 0.5) is 17.1 Å². The zero-order valence-electron chi connectivity index (χ0n) is 13.3. The number of carbonyl (C=O) groups excluding carboxylic acids is 2. The molecule has 1 fully saturated rings. The van der Waals surface area contributed by atoms with Gasteiger partial charge in [-0.3, -0.25) is 9.59 Å².